The van der Waals surface area contributed by atoms with E-state index >= 15 is 0 Å². The maximum absolute atomic E-state index is 8.69. The van der Waals surface area contributed by atoms with Gasteiger partial charge >= 0.3 is 0 Å². The highest BCUT2D eigenvalue weighted by atomic mass is 16.5. The minimum atomic E-state index is 0.473. The normalized spacial score (nSPS) is 9.88. The van der Waals surface area contributed by atoms with E-state index in [1.807, 2.05) is 6.07 Å². The van der Waals surface area contributed by atoms with Crippen molar-refractivity contribution in [2.75, 3.05) is 33.5 Å². The standard InChI is InChI=1S/C12H16N2O3/c1-15-7-8-16-5-2-6-17-12-9-11(10-13)3-4-14-12/h3-4,9H,2,5-8H2,1H3. The summed E-state index contributed by atoms with van der Waals surface area (Å²) in [4.78, 5) is 4.00. The summed E-state index contributed by atoms with van der Waals surface area (Å²) in [6, 6.07) is 5.29. The van der Waals surface area contributed by atoms with Crippen LogP contribution in [0, 0.1) is 11.3 Å². The molecule has 0 aromatic carbocycles. The Morgan fingerprint density at radius 2 is 2.18 bits per heavy atom. The SMILES string of the molecule is COCCOCCCOc1cc(C#N)ccn1. The highest BCUT2D eigenvalue weighted by Gasteiger charge is 1.97. The van der Waals surface area contributed by atoms with Crippen molar-refractivity contribution in [1.82, 2.24) is 4.98 Å². The Morgan fingerprint density at radius 3 is 2.94 bits per heavy atom. The zero-order valence-corrected chi connectivity index (χ0v) is 9.89. The quantitative estimate of drug-likeness (QED) is 0.638. The van der Waals surface area contributed by atoms with Gasteiger partial charge in [-0.05, 0) is 6.07 Å². The van der Waals surface area contributed by atoms with E-state index in [-0.39, 0.29) is 0 Å². The first-order valence-corrected chi connectivity index (χ1v) is 5.42. The third-order valence-corrected chi connectivity index (χ3v) is 1.98. The summed E-state index contributed by atoms with van der Waals surface area (Å²) in [6.07, 6.45) is 2.34. The molecule has 1 heterocycles. The average Bonchev–Trinajstić information content (AvgIpc) is 2.38. The molecule has 5 heteroatoms. The van der Waals surface area contributed by atoms with Crippen molar-refractivity contribution >= 4 is 0 Å². The second kappa shape index (κ2) is 8.50. The number of aromatic nitrogens is 1. The Bertz CT molecular complexity index is 363. The topological polar surface area (TPSA) is 64.4 Å². The number of pyridine rings is 1. The fourth-order valence-corrected chi connectivity index (χ4v) is 1.14. The van der Waals surface area contributed by atoms with Crippen molar-refractivity contribution in [2.45, 2.75) is 6.42 Å². The Morgan fingerprint density at radius 1 is 1.29 bits per heavy atom. The molecule has 0 N–H and O–H groups in total. The van der Waals surface area contributed by atoms with Gasteiger partial charge < -0.3 is 14.2 Å². The lowest BCUT2D eigenvalue weighted by Gasteiger charge is -2.05. The number of rotatable bonds is 8. The molecule has 0 bridgehead atoms. The lowest BCUT2D eigenvalue weighted by atomic mass is 10.3. The highest BCUT2D eigenvalue weighted by Crippen LogP contribution is 2.08. The van der Waals surface area contributed by atoms with Crippen molar-refractivity contribution in [3.8, 4) is 11.9 Å². The third-order valence-electron chi connectivity index (χ3n) is 1.98. The van der Waals surface area contributed by atoms with E-state index in [1.165, 1.54) is 0 Å². The van der Waals surface area contributed by atoms with Crippen molar-refractivity contribution in [3.05, 3.63) is 23.9 Å². The molecule has 0 unspecified atom stereocenters. The summed E-state index contributed by atoms with van der Waals surface area (Å²) >= 11 is 0. The molecule has 0 aliphatic carbocycles. The van der Waals surface area contributed by atoms with Crippen LogP contribution in [0.15, 0.2) is 18.3 Å². The number of hydrogen-bond acceptors (Lipinski definition) is 5. The van der Waals surface area contributed by atoms with Gasteiger partial charge in [-0.1, -0.05) is 0 Å². The van der Waals surface area contributed by atoms with E-state index in [9.17, 15) is 0 Å². The molecule has 0 fully saturated rings. The first-order valence-electron chi connectivity index (χ1n) is 5.42. The Hall–Kier alpha value is -1.64. The van der Waals surface area contributed by atoms with E-state index in [4.69, 9.17) is 19.5 Å². The molecule has 17 heavy (non-hydrogen) atoms. The summed E-state index contributed by atoms with van der Waals surface area (Å²) in [5.41, 5.74) is 0.548. The van der Waals surface area contributed by atoms with E-state index in [2.05, 4.69) is 4.98 Å². The minimum Gasteiger partial charge on any atom is -0.478 e. The largest absolute Gasteiger partial charge is 0.478 e. The van der Waals surface area contributed by atoms with Crippen LogP contribution in [0.25, 0.3) is 0 Å². The van der Waals surface area contributed by atoms with Gasteiger partial charge in [0.1, 0.15) is 0 Å². The molecule has 1 aromatic heterocycles. The monoisotopic (exact) mass is 236 g/mol. The minimum absolute atomic E-state index is 0.473. The molecule has 0 radical (unpaired) electrons. The van der Waals surface area contributed by atoms with E-state index in [1.54, 1.807) is 25.4 Å². The van der Waals surface area contributed by atoms with Crippen molar-refractivity contribution < 1.29 is 14.2 Å². The maximum atomic E-state index is 8.69. The summed E-state index contributed by atoms with van der Waals surface area (Å²) in [5.74, 6) is 0.473. The lowest BCUT2D eigenvalue weighted by molar-refractivity contribution is 0.0642. The van der Waals surface area contributed by atoms with Gasteiger partial charge in [0.25, 0.3) is 0 Å². The molecule has 0 atom stereocenters. The third kappa shape index (κ3) is 5.85. The Balaban J connectivity index is 2.12. The summed E-state index contributed by atoms with van der Waals surface area (Å²) < 4.78 is 15.5. The molecule has 92 valence electrons. The Kier molecular flexibility index (Phi) is 6.72. The molecule has 5 nitrogen and oxygen atoms in total. The van der Waals surface area contributed by atoms with Gasteiger partial charge in [-0.15, -0.1) is 0 Å². The van der Waals surface area contributed by atoms with Crippen LogP contribution in [-0.4, -0.2) is 38.5 Å². The van der Waals surface area contributed by atoms with Crippen LogP contribution >= 0.6 is 0 Å². The molecule has 0 aliphatic rings. The predicted octanol–water partition coefficient (Wildman–Crippen LogP) is 1.39. The van der Waals surface area contributed by atoms with Gasteiger partial charge in [0.2, 0.25) is 5.88 Å². The molecule has 0 aliphatic heterocycles. The fourth-order valence-electron chi connectivity index (χ4n) is 1.14. The summed E-state index contributed by atoms with van der Waals surface area (Å²) in [6.45, 7) is 2.35. The summed E-state index contributed by atoms with van der Waals surface area (Å²) in [7, 11) is 1.64. The zero-order chi connectivity index (χ0) is 12.3. The van der Waals surface area contributed by atoms with Crippen molar-refractivity contribution in [2.24, 2.45) is 0 Å². The molecular weight excluding hydrogens is 220 g/mol. The van der Waals surface area contributed by atoms with E-state index in [0.717, 1.165) is 6.42 Å². The summed E-state index contributed by atoms with van der Waals surface area (Å²) in [5, 5.41) is 8.69. The van der Waals surface area contributed by atoms with Crippen LogP contribution < -0.4 is 4.74 Å². The van der Waals surface area contributed by atoms with Gasteiger partial charge in [-0.3, -0.25) is 0 Å². The molecule has 0 amide bonds. The lowest BCUT2D eigenvalue weighted by Crippen LogP contribution is -2.07. The highest BCUT2D eigenvalue weighted by molar-refractivity contribution is 5.31. The molecule has 0 saturated carbocycles. The molecule has 1 aromatic rings. The van der Waals surface area contributed by atoms with Crippen molar-refractivity contribution in [1.29, 1.82) is 5.26 Å². The van der Waals surface area contributed by atoms with Crippen LogP contribution in [-0.2, 0) is 9.47 Å². The molecule has 1 rings (SSSR count). The second-order valence-corrected chi connectivity index (χ2v) is 3.30. The van der Waals surface area contributed by atoms with Gasteiger partial charge in [-0.25, -0.2) is 4.98 Å². The average molecular weight is 236 g/mol. The molecular formula is C12H16N2O3. The number of nitriles is 1. The number of hydrogen-bond donors (Lipinski definition) is 0. The van der Waals surface area contributed by atoms with Gasteiger partial charge in [0.15, 0.2) is 0 Å². The van der Waals surface area contributed by atoms with Gasteiger partial charge in [0, 0.05) is 32.4 Å². The zero-order valence-electron chi connectivity index (χ0n) is 9.89. The number of methoxy groups -OCH3 is 1. The number of nitrogens with zero attached hydrogens (tertiary/aromatic N) is 2. The second-order valence-electron chi connectivity index (χ2n) is 3.30. The smallest absolute Gasteiger partial charge is 0.214 e. The van der Waals surface area contributed by atoms with Crippen LogP contribution in [0.4, 0.5) is 0 Å². The van der Waals surface area contributed by atoms with Crippen LogP contribution in [0.1, 0.15) is 12.0 Å². The van der Waals surface area contributed by atoms with Crippen LogP contribution in [0.3, 0.4) is 0 Å². The first-order chi connectivity index (χ1) is 8.36. The first kappa shape index (κ1) is 13.4. The molecule has 0 spiro atoms. The van der Waals surface area contributed by atoms with E-state index in [0.29, 0.717) is 37.9 Å². The predicted molar refractivity (Wildman–Crippen MR) is 61.8 cm³/mol. The van der Waals surface area contributed by atoms with Crippen LogP contribution in [0.2, 0.25) is 0 Å². The van der Waals surface area contributed by atoms with Gasteiger partial charge in [-0.2, -0.15) is 5.26 Å². The van der Waals surface area contributed by atoms with Crippen molar-refractivity contribution in [3.63, 3.8) is 0 Å². The van der Waals surface area contributed by atoms with E-state index < -0.39 is 0 Å². The molecule has 0 saturated heterocycles. The number of ether oxygens (including phenoxy) is 3. The fraction of sp³-hybridized carbons (Fsp3) is 0.500. The van der Waals surface area contributed by atoms with Crippen LogP contribution in [0.5, 0.6) is 5.88 Å². The van der Waals surface area contributed by atoms with Gasteiger partial charge in [0.05, 0.1) is 31.5 Å². The Labute approximate surface area is 101 Å². The maximum Gasteiger partial charge on any atom is 0.214 e.